The number of nitrogens with zero attached hydrogens (tertiary/aromatic N) is 4. The number of amides is 3. The van der Waals surface area contributed by atoms with Gasteiger partial charge in [0.2, 0.25) is 5.91 Å². The minimum atomic E-state index is -0.537. The van der Waals surface area contributed by atoms with E-state index in [1.165, 1.54) is 13.2 Å². The summed E-state index contributed by atoms with van der Waals surface area (Å²) in [5, 5.41) is 9.06. The summed E-state index contributed by atoms with van der Waals surface area (Å²) < 4.78 is 11.4. The summed E-state index contributed by atoms with van der Waals surface area (Å²) in [4.78, 5) is 43.9. The average Bonchev–Trinajstić information content (AvgIpc) is 3.27. The average molecular weight is 603 g/mol. The molecule has 2 heterocycles. The van der Waals surface area contributed by atoms with Crippen LogP contribution in [-0.4, -0.2) is 66.7 Å². The van der Waals surface area contributed by atoms with Gasteiger partial charge < -0.3 is 19.3 Å². The Labute approximate surface area is 252 Å². The van der Waals surface area contributed by atoms with Crippen LogP contribution in [-0.2, 0) is 16.2 Å². The molecule has 0 spiro atoms. The van der Waals surface area contributed by atoms with E-state index in [1.807, 2.05) is 36.4 Å². The molecule has 2 aliphatic heterocycles. The summed E-state index contributed by atoms with van der Waals surface area (Å²) in [5.41, 5.74) is 2.81. The molecular weight excluding hydrogens is 576 g/mol. The topological polar surface area (TPSA) is 103 Å². The van der Waals surface area contributed by atoms with Crippen LogP contribution < -0.4 is 14.4 Å². The Bertz CT molecular complexity index is 1580. The van der Waals surface area contributed by atoms with E-state index in [2.05, 4.69) is 11.0 Å². The smallest absolute Gasteiger partial charge is 0.294 e. The number of rotatable bonds is 8. The van der Waals surface area contributed by atoms with Gasteiger partial charge in [-0.3, -0.25) is 19.3 Å². The zero-order valence-electron chi connectivity index (χ0n) is 22.8. The predicted molar refractivity (Wildman–Crippen MR) is 161 cm³/mol. The highest BCUT2D eigenvalue weighted by atomic mass is 35.5. The minimum Gasteiger partial charge on any atom is -0.493 e. The van der Waals surface area contributed by atoms with Crippen LogP contribution in [0, 0.1) is 11.3 Å². The van der Waals surface area contributed by atoms with Crippen LogP contribution in [0.3, 0.4) is 0 Å². The fraction of sp³-hybridized carbons (Fsp3) is 0.226. The highest BCUT2D eigenvalue weighted by Crippen LogP contribution is 2.39. The third-order valence-corrected chi connectivity index (χ3v) is 8.17. The van der Waals surface area contributed by atoms with E-state index in [0.29, 0.717) is 48.6 Å². The number of nitriles is 1. The van der Waals surface area contributed by atoms with Crippen molar-refractivity contribution in [2.24, 2.45) is 0 Å². The lowest BCUT2D eigenvalue weighted by molar-refractivity contribution is -0.136. The highest BCUT2D eigenvalue weighted by molar-refractivity contribution is 8.18. The van der Waals surface area contributed by atoms with Crippen LogP contribution in [0.4, 0.5) is 10.5 Å². The van der Waals surface area contributed by atoms with Crippen LogP contribution in [0.1, 0.15) is 16.7 Å². The van der Waals surface area contributed by atoms with Gasteiger partial charge in [-0.05, 0) is 53.7 Å². The molecule has 0 bridgehead atoms. The van der Waals surface area contributed by atoms with Gasteiger partial charge in [0.05, 0.1) is 28.7 Å². The van der Waals surface area contributed by atoms with Gasteiger partial charge in [0.1, 0.15) is 13.2 Å². The first-order valence-corrected chi connectivity index (χ1v) is 14.4. The second kappa shape index (κ2) is 13.0. The molecule has 2 saturated heterocycles. The molecule has 0 unspecified atom stereocenters. The molecule has 0 atom stereocenters. The summed E-state index contributed by atoms with van der Waals surface area (Å²) >= 11 is 7.29. The molecule has 0 saturated carbocycles. The highest BCUT2D eigenvalue weighted by Gasteiger charge is 2.37. The lowest BCUT2D eigenvalue weighted by Gasteiger charge is -2.36. The Kier molecular flexibility index (Phi) is 9.00. The van der Waals surface area contributed by atoms with Gasteiger partial charge in [0.25, 0.3) is 11.1 Å². The summed E-state index contributed by atoms with van der Waals surface area (Å²) in [6.07, 6.45) is 1.54. The van der Waals surface area contributed by atoms with Crippen LogP contribution >= 0.6 is 23.4 Å². The molecule has 0 N–H and O–H groups in total. The Hall–Kier alpha value is -4.46. The van der Waals surface area contributed by atoms with Crippen molar-refractivity contribution < 1.29 is 23.9 Å². The summed E-state index contributed by atoms with van der Waals surface area (Å²) in [7, 11) is 1.46. The lowest BCUT2D eigenvalue weighted by atomic mass is 10.1. The van der Waals surface area contributed by atoms with E-state index >= 15 is 0 Å². The molecule has 0 aromatic heterocycles. The number of carbonyl (C=O) groups excluding carboxylic acids is 3. The van der Waals surface area contributed by atoms with Gasteiger partial charge in [-0.15, -0.1) is 0 Å². The zero-order valence-corrected chi connectivity index (χ0v) is 24.4. The van der Waals surface area contributed by atoms with E-state index in [4.69, 9.17) is 21.1 Å². The van der Waals surface area contributed by atoms with Gasteiger partial charge in [-0.25, -0.2) is 0 Å². The van der Waals surface area contributed by atoms with E-state index in [-0.39, 0.29) is 34.7 Å². The van der Waals surface area contributed by atoms with Crippen molar-refractivity contribution in [2.45, 2.75) is 6.61 Å². The molecule has 3 aromatic carbocycles. The number of ether oxygens (including phenoxy) is 2. The molecule has 2 aliphatic rings. The maximum absolute atomic E-state index is 13.1. The number of imide groups is 1. The maximum atomic E-state index is 13.1. The summed E-state index contributed by atoms with van der Waals surface area (Å²) in [5.74, 6) is -0.192. The van der Waals surface area contributed by atoms with Gasteiger partial charge in [0.15, 0.2) is 11.5 Å². The Balaban J connectivity index is 1.23. The molecule has 9 nitrogen and oxygen atoms in total. The number of halogens is 1. The first kappa shape index (κ1) is 29.0. The van der Waals surface area contributed by atoms with Crippen molar-refractivity contribution in [3.05, 3.63) is 93.3 Å². The zero-order chi connectivity index (χ0) is 29.6. The first-order valence-electron chi connectivity index (χ1n) is 13.2. The van der Waals surface area contributed by atoms with Crippen LogP contribution in [0.25, 0.3) is 6.08 Å². The Morgan fingerprint density at radius 2 is 1.76 bits per heavy atom. The number of para-hydroxylation sites is 1. The minimum absolute atomic E-state index is 0.105. The fourth-order valence-corrected chi connectivity index (χ4v) is 5.86. The van der Waals surface area contributed by atoms with Gasteiger partial charge in [-0.1, -0.05) is 48.0 Å². The molecule has 0 aliphatic carbocycles. The van der Waals surface area contributed by atoms with Crippen LogP contribution in [0.2, 0.25) is 5.02 Å². The van der Waals surface area contributed by atoms with E-state index in [0.717, 1.165) is 22.3 Å². The Morgan fingerprint density at radius 3 is 2.48 bits per heavy atom. The summed E-state index contributed by atoms with van der Waals surface area (Å²) in [6, 6.07) is 22.4. The number of hydrogen-bond donors (Lipinski definition) is 0. The van der Waals surface area contributed by atoms with Crippen molar-refractivity contribution >= 4 is 52.2 Å². The Morgan fingerprint density at radius 1 is 1.05 bits per heavy atom. The standard InChI is InChI=1S/C31H27ClN4O5S/c1-40-26-16-21(15-25(32)29(26)41-20-23-8-6-5-7-22(23)18-33)17-27-30(38)36(31(39)42-27)19-28(37)35-13-11-34(12-14-35)24-9-3-2-4-10-24/h2-10,15-17H,11-14,19-20H2,1H3/b27-17+. The number of benzene rings is 3. The molecule has 5 rings (SSSR count). The molecule has 214 valence electrons. The van der Waals surface area contributed by atoms with Gasteiger partial charge in [0, 0.05) is 37.4 Å². The van der Waals surface area contributed by atoms with Gasteiger partial charge >= 0.3 is 0 Å². The number of anilines is 1. The number of carbonyl (C=O) groups is 3. The van der Waals surface area contributed by atoms with Crippen LogP contribution in [0.5, 0.6) is 11.5 Å². The van der Waals surface area contributed by atoms with E-state index in [9.17, 15) is 19.6 Å². The number of thioether (sulfide) groups is 1. The molecule has 3 aromatic rings. The van der Waals surface area contributed by atoms with Gasteiger partial charge in [-0.2, -0.15) is 5.26 Å². The molecule has 0 radical (unpaired) electrons. The SMILES string of the molecule is COc1cc(/C=C2/SC(=O)N(CC(=O)N3CCN(c4ccccc4)CC3)C2=O)cc(Cl)c1OCc1ccccc1C#N. The fourth-order valence-electron chi connectivity index (χ4n) is 4.74. The van der Waals surface area contributed by atoms with E-state index in [1.54, 1.807) is 35.2 Å². The largest absolute Gasteiger partial charge is 0.493 e. The summed E-state index contributed by atoms with van der Waals surface area (Å²) in [6.45, 7) is 2.15. The lowest BCUT2D eigenvalue weighted by Crippen LogP contribution is -2.51. The third-order valence-electron chi connectivity index (χ3n) is 6.98. The quantitative estimate of drug-likeness (QED) is 0.325. The molecular formula is C31H27ClN4O5S. The predicted octanol–water partition coefficient (Wildman–Crippen LogP) is 5.18. The van der Waals surface area contributed by atoms with Crippen LogP contribution in [0.15, 0.2) is 71.6 Å². The van der Waals surface area contributed by atoms with Crippen molar-refractivity contribution in [2.75, 3.05) is 44.7 Å². The van der Waals surface area contributed by atoms with Crippen molar-refractivity contribution in [3.8, 4) is 17.6 Å². The number of methoxy groups -OCH3 is 1. The second-order valence-electron chi connectivity index (χ2n) is 9.56. The number of piperazine rings is 1. The maximum Gasteiger partial charge on any atom is 0.294 e. The number of hydrogen-bond acceptors (Lipinski definition) is 8. The molecule has 2 fully saturated rings. The van der Waals surface area contributed by atoms with Crippen molar-refractivity contribution in [1.29, 1.82) is 5.26 Å². The van der Waals surface area contributed by atoms with Crippen molar-refractivity contribution in [3.63, 3.8) is 0 Å². The first-order chi connectivity index (χ1) is 20.4. The third kappa shape index (κ3) is 6.38. The monoisotopic (exact) mass is 602 g/mol. The molecule has 3 amide bonds. The van der Waals surface area contributed by atoms with Crippen molar-refractivity contribution in [1.82, 2.24) is 9.80 Å². The molecule has 11 heteroatoms. The molecule has 42 heavy (non-hydrogen) atoms. The second-order valence-corrected chi connectivity index (χ2v) is 11.0. The normalized spacial score (nSPS) is 16.1. The van der Waals surface area contributed by atoms with E-state index < -0.39 is 11.1 Å².